The lowest BCUT2D eigenvalue weighted by atomic mass is 9.51. The fraction of sp³-hybridized carbons (Fsp3) is 0.108. The Bertz CT molecular complexity index is 3690. The molecule has 1 nitrogen and oxygen atoms in total. The van der Waals surface area contributed by atoms with Gasteiger partial charge < -0.3 is 4.90 Å². The van der Waals surface area contributed by atoms with E-state index in [0.717, 1.165) is 18.5 Å². The number of allylic oxidation sites excluding steroid dienone is 1. The standard InChI is InChI=1S/C65H47NS/c1-63(2)53-31-12-9-26-47(53)49-39-38-46(41-58(49)63)66(59-36-19-30-52-50-28-11-16-37-60(50)67-62(52)59)45-25-17-24-44(40-45)64(42-20-5-3-6-21-42)55-33-14-15-34-56(55)65(43-22-7-4-8-23-43)54-32-13-10-27-48(54)51-29-18-35-57(64)61(51)65/h3-15,17-36,38-41H,16,37H2,1-2H3. The first-order valence-corrected chi connectivity index (χ1v) is 24.6. The van der Waals surface area contributed by atoms with Crippen LogP contribution in [0.15, 0.2) is 218 Å². The van der Waals surface area contributed by atoms with Crippen molar-refractivity contribution in [3.05, 3.63) is 284 Å². The van der Waals surface area contributed by atoms with Crippen LogP contribution in [0.3, 0.4) is 0 Å². The SMILES string of the molecule is CC1(C)c2ccccc2-c2ccc(N(c3cccc(C4(c5ccccc5)c5ccccc5C5(c6ccccc6)c6ccccc6-c6cccc4c65)c3)c3cccc4c5c(sc34)CCC=C5)cc21. The minimum atomic E-state index is -0.661. The van der Waals surface area contributed by atoms with Crippen molar-refractivity contribution in [1.29, 1.82) is 0 Å². The van der Waals surface area contributed by atoms with Gasteiger partial charge in [-0.25, -0.2) is 0 Å². The molecular weight excluding hydrogens is 827 g/mol. The second-order valence-corrected chi connectivity index (χ2v) is 20.5. The molecule has 0 saturated carbocycles. The average Bonchev–Trinajstić information content (AvgIpc) is 4.00. The van der Waals surface area contributed by atoms with Crippen molar-refractivity contribution in [2.45, 2.75) is 42.9 Å². The molecule has 67 heavy (non-hydrogen) atoms. The first-order chi connectivity index (χ1) is 33.0. The van der Waals surface area contributed by atoms with Crippen molar-refractivity contribution in [2.24, 2.45) is 0 Å². The normalized spacial score (nSPS) is 18.7. The highest BCUT2D eigenvalue weighted by Crippen LogP contribution is 2.66. The third-order valence-corrected chi connectivity index (χ3v) is 17.2. The molecule has 318 valence electrons. The summed E-state index contributed by atoms with van der Waals surface area (Å²) in [6, 6.07) is 81.1. The molecule has 1 aromatic heterocycles. The van der Waals surface area contributed by atoms with Crippen LogP contribution in [0.2, 0.25) is 0 Å². The molecule has 0 amide bonds. The third-order valence-electron chi connectivity index (χ3n) is 15.8. The van der Waals surface area contributed by atoms with Gasteiger partial charge in [0.2, 0.25) is 0 Å². The predicted molar refractivity (Wildman–Crippen MR) is 281 cm³/mol. The molecule has 0 bridgehead atoms. The number of hydrogen-bond donors (Lipinski definition) is 0. The lowest BCUT2D eigenvalue weighted by Gasteiger charge is -2.49. The van der Waals surface area contributed by atoms with Crippen molar-refractivity contribution in [3.8, 4) is 22.3 Å². The number of benzene rings is 9. The van der Waals surface area contributed by atoms with Crippen LogP contribution in [0.1, 0.15) is 86.3 Å². The predicted octanol–water partition coefficient (Wildman–Crippen LogP) is 16.7. The number of anilines is 3. The van der Waals surface area contributed by atoms with E-state index in [0.29, 0.717) is 0 Å². The van der Waals surface area contributed by atoms with E-state index in [1.165, 1.54) is 110 Å². The largest absolute Gasteiger partial charge is 0.309 e. The lowest BCUT2D eigenvalue weighted by molar-refractivity contribution is 0.627. The number of aryl methyl sites for hydroxylation is 1. The van der Waals surface area contributed by atoms with Gasteiger partial charge in [0.15, 0.2) is 0 Å². The van der Waals surface area contributed by atoms with Gasteiger partial charge in [-0.2, -0.15) is 0 Å². The van der Waals surface area contributed by atoms with Gasteiger partial charge in [-0.3, -0.25) is 0 Å². The van der Waals surface area contributed by atoms with E-state index < -0.39 is 10.8 Å². The third kappa shape index (κ3) is 5.09. The highest BCUT2D eigenvalue weighted by molar-refractivity contribution is 7.20. The van der Waals surface area contributed by atoms with E-state index >= 15 is 0 Å². The summed E-state index contributed by atoms with van der Waals surface area (Å²) in [7, 11) is 0. The highest BCUT2D eigenvalue weighted by Gasteiger charge is 2.57. The van der Waals surface area contributed by atoms with E-state index in [2.05, 4.69) is 243 Å². The van der Waals surface area contributed by atoms with E-state index in [1.807, 2.05) is 11.3 Å². The Morgan fingerprint density at radius 3 is 1.78 bits per heavy atom. The van der Waals surface area contributed by atoms with Crippen LogP contribution in [0.25, 0.3) is 38.4 Å². The maximum atomic E-state index is 2.57. The molecule has 1 heterocycles. The number of fused-ring (bicyclic) bond motifs is 11. The van der Waals surface area contributed by atoms with Gasteiger partial charge in [-0.05, 0) is 127 Å². The van der Waals surface area contributed by atoms with Gasteiger partial charge >= 0.3 is 0 Å². The topological polar surface area (TPSA) is 3.24 Å². The lowest BCUT2D eigenvalue weighted by Crippen LogP contribution is -2.44. The van der Waals surface area contributed by atoms with Crippen LogP contribution in [-0.4, -0.2) is 0 Å². The molecule has 0 spiro atoms. The first kappa shape index (κ1) is 38.7. The highest BCUT2D eigenvalue weighted by atomic mass is 32.1. The number of rotatable bonds is 6. The van der Waals surface area contributed by atoms with Crippen LogP contribution in [-0.2, 0) is 22.7 Å². The smallest absolute Gasteiger partial charge is 0.0720 e. The number of hydrogen-bond acceptors (Lipinski definition) is 2. The van der Waals surface area contributed by atoms with Gasteiger partial charge in [-0.15, -0.1) is 11.3 Å². The molecule has 14 rings (SSSR count). The van der Waals surface area contributed by atoms with E-state index in [4.69, 9.17) is 0 Å². The first-order valence-electron chi connectivity index (χ1n) is 23.8. The quantitative estimate of drug-likeness (QED) is 0.161. The van der Waals surface area contributed by atoms with E-state index in [-0.39, 0.29) is 5.41 Å². The molecule has 2 unspecified atom stereocenters. The molecule has 2 atom stereocenters. The summed E-state index contributed by atoms with van der Waals surface area (Å²) in [6.45, 7) is 4.78. The fourth-order valence-electron chi connectivity index (χ4n) is 13.1. The van der Waals surface area contributed by atoms with Crippen molar-refractivity contribution in [2.75, 3.05) is 4.90 Å². The summed E-state index contributed by atoms with van der Waals surface area (Å²) in [4.78, 5) is 4.05. The van der Waals surface area contributed by atoms with Gasteiger partial charge in [0, 0.05) is 27.1 Å². The molecule has 10 aromatic rings. The average molecular weight is 874 g/mol. The van der Waals surface area contributed by atoms with Gasteiger partial charge in [0.1, 0.15) is 0 Å². The van der Waals surface area contributed by atoms with Gasteiger partial charge in [0.05, 0.1) is 21.2 Å². The van der Waals surface area contributed by atoms with Gasteiger partial charge in [0.25, 0.3) is 0 Å². The summed E-state index contributed by atoms with van der Waals surface area (Å²) in [5.41, 5.74) is 22.2. The Morgan fingerprint density at radius 2 is 1.00 bits per heavy atom. The van der Waals surface area contributed by atoms with Crippen LogP contribution < -0.4 is 4.90 Å². The van der Waals surface area contributed by atoms with Crippen LogP contribution in [0.5, 0.6) is 0 Å². The Labute approximate surface area is 397 Å². The van der Waals surface area contributed by atoms with Crippen molar-refractivity contribution in [3.63, 3.8) is 0 Å². The van der Waals surface area contributed by atoms with E-state index in [1.54, 1.807) is 0 Å². The Balaban J connectivity index is 1.07. The maximum absolute atomic E-state index is 2.57. The zero-order valence-corrected chi connectivity index (χ0v) is 38.4. The molecule has 4 aliphatic rings. The Kier molecular flexibility index (Phi) is 8.23. The minimum absolute atomic E-state index is 0.145. The Hall–Kier alpha value is -7.52. The molecule has 0 fully saturated rings. The summed E-state index contributed by atoms with van der Waals surface area (Å²) < 4.78 is 1.33. The zero-order valence-electron chi connectivity index (χ0n) is 37.6. The van der Waals surface area contributed by atoms with Crippen molar-refractivity contribution < 1.29 is 0 Å². The zero-order chi connectivity index (χ0) is 44.5. The summed E-state index contributed by atoms with van der Waals surface area (Å²) >= 11 is 1.98. The minimum Gasteiger partial charge on any atom is -0.309 e. The molecule has 0 saturated heterocycles. The monoisotopic (exact) mass is 873 g/mol. The van der Waals surface area contributed by atoms with E-state index in [9.17, 15) is 0 Å². The summed E-state index contributed by atoms with van der Waals surface area (Å²) in [5.74, 6) is 0. The summed E-state index contributed by atoms with van der Waals surface area (Å²) in [6.07, 6.45) is 6.88. The van der Waals surface area contributed by atoms with Gasteiger partial charge in [-0.1, -0.05) is 208 Å². The number of nitrogens with zero attached hydrogens (tertiary/aromatic N) is 1. The molecule has 4 aliphatic carbocycles. The molecule has 0 N–H and O–H groups in total. The van der Waals surface area contributed by atoms with Crippen molar-refractivity contribution >= 4 is 44.6 Å². The second-order valence-electron chi connectivity index (χ2n) is 19.4. The summed E-state index contributed by atoms with van der Waals surface area (Å²) in [5, 5.41) is 1.34. The number of thiophene rings is 1. The molecule has 9 aromatic carbocycles. The fourth-order valence-corrected chi connectivity index (χ4v) is 14.4. The second kappa shape index (κ2) is 14.2. The van der Waals surface area contributed by atoms with Crippen LogP contribution in [0.4, 0.5) is 17.1 Å². The maximum Gasteiger partial charge on any atom is 0.0720 e. The van der Waals surface area contributed by atoms with Crippen LogP contribution in [0, 0.1) is 0 Å². The molecule has 0 aliphatic heterocycles. The molecular formula is C65H47NS. The van der Waals surface area contributed by atoms with Crippen molar-refractivity contribution in [1.82, 2.24) is 0 Å². The van der Waals surface area contributed by atoms with Crippen LogP contribution >= 0.6 is 11.3 Å². The molecule has 0 radical (unpaired) electrons. The Morgan fingerprint density at radius 1 is 0.433 bits per heavy atom. The molecule has 2 heteroatoms.